The summed E-state index contributed by atoms with van der Waals surface area (Å²) in [6, 6.07) is 2.51. The molecule has 1 aliphatic heterocycles. The number of carbonyl (C=O) groups is 1. The van der Waals surface area contributed by atoms with E-state index >= 15 is 0 Å². The molecule has 21 heavy (non-hydrogen) atoms. The SMILES string of the molecule is NS(=O)(=O)c1cc2c(c(C(=O)NCC3CC3)c1)OCCO2. The zero-order chi connectivity index (χ0) is 15.0. The van der Waals surface area contributed by atoms with E-state index in [9.17, 15) is 13.2 Å². The number of ether oxygens (including phenoxy) is 2. The third-order valence-electron chi connectivity index (χ3n) is 3.44. The van der Waals surface area contributed by atoms with Crippen LogP contribution in [0.2, 0.25) is 0 Å². The van der Waals surface area contributed by atoms with E-state index in [2.05, 4.69) is 5.32 Å². The van der Waals surface area contributed by atoms with Crippen LogP contribution < -0.4 is 19.9 Å². The lowest BCUT2D eigenvalue weighted by Gasteiger charge is -2.21. The van der Waals surface area contributed by atoms with Crippen LogP contribution in [0.1, 0.15) is 23.2 Å². The van der Waals surface area contributed by atoms with Crippen LogP contribution in [0.5, 0.6) is 11.5 Å². The summed E-state index contributed by atoms with van der Waals surface area (Å²) < 4.78 is 33.8. The summed E-state index contributed by atoms with van der Waals surface area (Å²) in [6.45, 7) is 1.18. The summed E-state index contributed by atoms with van der Waals surface area (Å²) in [6.07, 6.45) is 2.21. The number of carbonyl (C=O) groups excluding carboxylic acids is 1. The van der Waals surface area contributed by atoms with Crippen LogP contribution in [0.4, 0.5) is 0 Å². The molecular weight excluding hydrogens is 296 g/mol. The van der Waals surface area contributed by atoms with Crippen molar-refractivity contribution in [3.8, 4) is 11.5 Å². The first kappa shape index (κ1) is 14.2. The van der Waals surface area contributed by atoms with Crippen molar-refractivity contribution < 1.29 is 22.7 Å². The van der Waals surface area contributed by atoms with E-state index in [1.54, 1.807) is 0 Å². The molecule has 8 heteroatoms. The van der Waals surface area contributed by atoms with Gasteiger partial charge in [0.2, 0.25) is 10.0 Å². The van der Waals surface area contributed by atoms with E-state index in [0.717, 1.165) is 12.8 Å². The van der Waals surface area contributed by atoms with Crippen LogP contribution >= 0.6 is 0 Å². The lowest BCUT2D eigenvalue weighted by atomic mass is 10.1. The smallest absolute Gasteiger partial charge is 0.255 e. The van der Waals surface area contributed by atoms with Crippen molar-refractivity contribution in [2.24, 2.45) is 11.1 Å². The molecule has 0 unspecified atom stereocenters. The summed E-state index contributed by atoms with van der Waals surface area (Å²) in [5, 5.41) is 7.91. The van der Waals surface area contributed by atoms with E-state index in [0.29, 0.717) is 25.7 Å². The fourth-order valence-corrected chi connectivity index (χ4v) is 2.67. The summed E-state index contributed by atoms with van der Waals surface area (Å²) in [4.78, 5) is 12.1. The number of sulfonamides is 1. The van der Waals surface area contributed by atoms with Gasteiger partial charge in [-0.3, -0.25) is 4.79 Å². The Labute approximate surface area is 122 Å². The lowest BCUT2D eigenvalue weighted by molar-refractivity contribution is 0.0940. The van der Waals surface area contributed by atoms with Gasteiger partial charge in [-0.05, 0) is 24.8 Å². The monoisotopic (exact) mass is 312 g/mol. The number of primary sulfonamides is 1. The van der Waals surface area contributed by atoms with Gasteiger partial charge in [0.05, 0.1) is 10.5 Å². The van der Waals surface area contributed by atoms with Gasteiger partial charge in [-0.15, -0.1) is 0 Å². The highest BCUT2D eigenvalue weighted by atomic mass is 32.2. The van der Waals surface area contributed by atoms with E-state index in [-0.39, 0.29) is 27.9 Å². The van der Waals surface area contributed by atoms with Gasteiger partial charge >= 0.3 is 0 Å². The van der Waals surface area contributed by atoms with E-state index in [1.807, 2.05) is 0 Å². The number of amides is 1. The molecule has 1 aliphatic carbocycles. The van der Waals surface area contributed by atoms with Crippen LogP contribution in [0.15, 0.2) is 17.0 Å². The summed E-state index contributed by atoms with van der Waals surface area (Å²) in [5.41, 5.74) is 0.136. The Hall–Kier alpha value is -1.80. The minimum absolute atomic E-state index is 0.136. The maximum absolute atomic E-state index is 12.2. The highest BCUT2D eigenvalue weighted by molar-refractivity contribution is 7.89. The van der Waals surface area contributed by atoms with Crippen molar-refractivity contribution in [3.05, 3.63) is 17.7 Å². The second-order valence-electron chi connectivity index (χ2n) is 5.19. The van der Waals surface area contributed by atoms with Gasteiger partial charge in [0.1, 0.15) is 13.2 Å². The minimum Gasteiger partial charge on any atom is -0.486 e. The molecule has 114 valence electrons. The van der Waals surface area contributed by atoms with Crippen LogP contribution in [0.3, 0.4) is 0 Å². The van der Waals surface area contributed by atoms with Gasteiger partial charge in [0.15, 0.2) is 11.5 Å². The standard InChI is InChI=1S/C13H16N2O5S/c14-21(17,18)9-5-10(13(16)15-7-8-1-2-8)12-11(6-9)19-3-4-20-12/h5-6,8H,1-4,7H2,(H,15,16)(H2,14,17,18). The normalized spacial score (nSPS) is 17.4. The molecule has 2 aliphatic rings. The fraction of sp³-hybridized carbons (Fsp3) is 0.462. The van der Waals surface area contributed by atoms with Crippen molar-refractivity contribution in [2.45, 2.75) is 17.7 Å². The summed E-state index contributed by atoms with van der Waals surface area (Å²) >= 11 is 0. The van der Waals surface area contributed by atoms with Crippen molar-refractivity contribution >= 4 is 15.9 Å². The first-order valence-electron chi connectivity index (χ1n) is 6.70. The number of rotatable bonds is 4. The first-order valence-corrected chi connectivity index (χ1v) is 8.24. The number of hydrogen-bond acceptors (Lipinski definition) is 5. The van der Waals surface area contributed by atoms with Crippen LogP contribution in [0, 0.1) is 5.92 Å². The summed E-state index contributed by atoms with van der Waals surface area (Å²) in [7, 11) is -3.93. The first-order chi connectivity index (χ1) is 9.95. The maximum Gasteiger partial charge on any atom is 0.255 e. The number of benzene rings is 1. The van der Waals surface area contributed by atoms with Gasteiger partial charge in [0.25, 0.3) is 5.91 Å². The van der Waals surface area contributed by atoms with Gasteiger partial charge in [-0.1, -0.05) is 0 Å². The highest BCUT2D eigenvalue weighted by Gasteiger charge is 2.27. The molecule has 1 saturated carbocycles. The molecule has 0 radical (unpaired) electrons. The molecule has 1 aromatic carbocycles. The molecule has 1 heterocycles. The molecular formula is C13H16N2O5S. The number of fused-ring (bicyclic) bond motifs is 1. The summed E-state index contributed by atoms with van der Waals surface area (Å²) in [5.74, 6) is 0.629. The van der Waals surface area contributed by atoms with Crippen LogP contribution in [-0.4, -0.2) is 34.1 Å². The molecule has 1 aromatic rings. The number of hydrogen-bond donors (Lipinski definition) is 2. The molecule has 0 bridgehead atoms. The zero-order valence-corrected chi connectivity index (χ0v) is 12.1. The van der Waals surface area contributed by atoms with Gasteiger partial charge < -0.3 is 14.8 Å². The Balaban J connectivity index is 1.97. The van der Waals surface area contributed by atoms with E-state index < -0.39 is 10.0 Å². The third-order valence-corrected chi connectivity index (χ3v) is 4.33. The quantitative estimate of drug-likeness (QED) is 0.828. The molecule has 0 aromatic heterocycles. The van der Waals surface area contributed by atoms with Crippen molar-refractivity contribution in [2.75, 3.05) is 19.8 Å². The lowest BCUT2D eigenvalue weighted by Crippen LogP contribution is -2.28. The van der Waals surface area contributed by atoms with Gasteiger partial charge in [-0.25, -0.2) is 13.6 Å². The van der Waals surface area contributed by atoms with E-state index in [4.69, 9.17) is 14.6 Å². The molecule has 3 N–H and O–H groups in total. The van der Waals surface area contributed by atoms with Crippen molar-refractivity contribution in [3.63, 3.8) is 0 Å². The number of nitrogens with one attached hydrogen (secondary N) is 1. The van der Waals surface area contributed by atoms with Crippen molar-refractivity contribution in [1.29, 1.82) is 0 Å². The third kappa shape index (κ3) is 3.11. The largest absolute Gasteiger partial charge is 0.486 e. The van der Waals surface area contributed by atoms with Crippen LogP contribution in [-0.2, 0) is 10.0 Å². The van der Waals surface area contributed by atoms with Gasteiger partial charge in [0, 0.05) is 12.6 Å². The highest BCUT2D eigenvalue weighted by Crippen LogP contribution is 2.36. The Morgan fingerprint density at radius 1 is 1.29 bits per heavy atom. The number of nitrogens with two attached hydrogens (primary N) is 1. The predicted octanol–water partition coefficient (Wildman–Crippen LogP) is 0.245. The Bertz CT molecular complexity index is 682. The van der Waals surface area contributed by atoms with Crippen molar-refractivity contribution in [1.82, 2.24) is 5.32 Å². The zero-order valence-electron chi connectivity index (χ0n) is 11.3. The Morgan fingerprint density at radius 3 is 2.67 bits per heavy atom. The Morgan fingerprint density at radius 2 is 2.00 bits per heavy atom. The molecule has 7 nitrogen and oxygen atoms in total. The average molecular weight is 312 g/mol. The molecule has 0 spiro atoms. The minimum atomic E-state index is -3.93. The van der Waals surface area contributed by atoms with Crippen LogP contribution in [0.25, 0.3) is 0 Å². The van der Waals surface area contributed by atoms with E-state index in [1.165, 1.54) is 12.1 Å². The topological polar surface area (TPSA) is 108 Å². The molecule has 1 fully saturated rings. The predicted molar refractivity (Wildman–Crippen MR) is 73.9 cm³/mol. The van der Waals surface area contributed by atoms with Gasteiger partial charge in [-0.2, -0.15) is 0 Å². The molecule has 1 amide bonds. The maximum atomic E-state index is 12.2. The molecule has 3 rings (SSSR count). The Kier molecular flexibility index (Phi) is 3.50. The second kappa shape index (κ2) is 5.19. The second-order valence-corrected chi connectivity index (χ2v) is 6.75. The molecule has 0 atom stereocenters. The molecule has 0 saturated heterocycles. The average Bonchev–Trinajstić information content (AvgIpc) is 3.26. The fourth-order valence-electron chi connectivity index (χ4n) is 2.12.